The van der Waals surface area contributed by atoms with E-state index in [4.69, 9.17) is 50.9 Å². The number of carboxylic acid groups (broad SMARTS) is 1. The van der Waals surface area contributed by atoms with Gasteiger partial charge in [-0.1, -0.05) is 71.5 Å². The number of aromatic nitrogens is 2. The van der Waals surface area contributed by atoms with Gasteiger partial charge in [0.25, 0.3) is 5.91 Å². The number of aldehydes is 1. The van der Waals surface area contributed by atoms with Crippen LogP contribution in [0, 0.1) is 5.92 Å². The number of alkyl halides is 2. The fourth-order valence-electron chi connectivity index (χ4n) is 3.86. The molecule has 0 bridgehead atoms. The van der Waals surface area contributed by atoms with Gasteiger partial charge in [-0.2, -0.15) is 0 Å². The highest BCUT2D eigenvalue weighted by Gasteiger charge is 2.29. The van der Waals surface area contributed by atoms with E-state index in [0.717, 1.165) is 0 Å². The highest BCUT2D eigenvalue weighted by atomic mass is 35.5. The fourth-order valence-corrected chi connectivity index (χ4v) is 4.69. The van der Waals surface area contributed by atoms with Crippen LogP contribution in [0.3, 0.4) is 0 Å². The Morgan fingerprint density at radius 3 is 2.37 bits per heavy atom. The molecule has 0 aliphatic rings. The molecule has 2 amide bonds. The van der Waals surface area contributed by atoms with Gasteiger partial charge in [0.2, 0.25) is 0 Å². The molecule has 3 rings (SSSR count). The zero-order valence-corrected chi connectivity index (χ0v) is 24.8. The first-order chi connectivity index (χ1) is 19.4. The minimum atomic E-state index is -1.44. The first-order valence-electron chi connectivity index (χ1n) is 12.1. The molecule has 41 heavy (non-hydrogen) atoms. The van der Waals surface area contributed by atoms with Crippen LogP contribution in [0.5, 0.6) is 0 Å². The topological polar surface area (TPSA) is 146 Å². The number of amides is 2. The summed E-state index contributed by atoms with van der Waals surface area (Å²) in [6.45, 7) is 2.81. The van der Waals surface area contributed by atoms with Gasteiger partial charge in [0.15, 0.2) is 16.4 Å². The maximum Gasteiger partial charge on any atom is 0.422 e. The van der Waals surface area contributed by atoms with Crippen molar-refractivity contribution in [1.29, 1.82) is 0 Å². The monoisotopic (exact) mass is 643 g/mol. The molecule has 1 aromatic carbocycles. The van der Waals surface area contributed by atoms with Gasteiger partial charge in [-0.15, -0.1) is 0 Å². The molecule has 0 saturated heterocycles. The van der Waals surface area contributed by atoms with Crippen LogP contribution in [0.2, 0.25) is 10.0 Å². The lowest BCUT2D eigenvalue weighted by atomic mass is 9.98. The molecule has 0 spiro atoms. The molecule has 2 N–H and O–H groups in total. The van der Waals surface area contributed by atoms with Crippen LogP contribution in [0.1, 0.15) is 20.3 Å². The molecule has 0 aliphatic heterocycles. The summed E-state index contributed by atoms with van der Waals surface area (Å²) in [7, 11) is 0. The number of carbonyl (C=O) groups excluding carboxylic acids is 3. The number of pyridine rings is 1. The third kappa shape index (κ3) is 8.17. The van der Waals surface area contributed by atoms with Crippen molar-refractivity contribution in [3.63, 3.8) is 0 Å². The van der Waals surface area contributed by atoms with E-state index in [9.17, 15) is 24.3 Å². The molecule has 3 aromatic rings. The van der Waals surface area contributed by atoms with Gasteiger partial charge < -0.3 is 19.3 Å². The molecule has 0 aliphatic carbocycles. The fraction of sp³-hybridized carbons (Fsp3) is 0.308. The number of benzene rings is 1. The van der Waals surface area contributed by atoms with Gasteiger partial charge in [-0.05, 0) is 30.2 Å². The number of hydrazine groups is 1. The zero-order chi connectivity index (χ0) is 30.3. The lowest BCUT2D eigenvalue weighted by Crippen LogP contribution is -2.54. The van der Waals surface area contributed by atoms with Crippen molar-refractivity contribution in [2.75, 3.05) is 18.0 Å². The summed E-state index contributed by atoms with van der Waals surface area (Å²) in [6, 6.07) is 8.72. The van der Waals surface area contributed by atoms with Crippen LogP contribution in [0.15, 0.2) is 47.1 Å². The van der Waals surface area contributed by atoms with Crippen LogP contribution < -0.4 is 10.3 Å². The summed E-state index contributed by atoms with van der Waals surface area (Å²) >= 11 is 24.4. The van der Waals surface area contributed by atoms with Crippen LogP contribution >= 0.6 is 46.4 Å². The van der Waals surface area contributed by atoms with Gasteiger partial charge in [-0.3, -0.25) is 14.6 Å². The number of anilines is 1. The Kier molecular flexibility index (Phi) is 11.5. The van der Waals surface area contributed by atoms with Crippen LogP contribution in [-0.4, -0.2) is 68.3 Å². The van der Waals surface area contributed by atoms with E-state index < -0.39 is 35.2 Å². The molecule has 2 heterocycles. The molecule has 218 valence electrons. The number of carbonyl (C=O) groups is 4. The number of nitrogens with zero attached hydrogens (tertiary/aromatic N) is 4. The summed E-state index contributed by atoms with van der Waals surface area (Å²) in [5, 5.41) is 14.7. The molecular formula is C26H25Cl4N5O6. The number of Topliss-reactive ketones (excluding diaryl/α,β-unsaturated/α-hetero) is 1. The largest absolute Gasteiger partial charge is 0.464 e. The van der Waals surface area contributed by atoms with Crippen LogP contribution in [0.4, 0.5) is 10.5 Å². The number of hydrogen-bond acceptors (Lipinski definition) is 8. The molecule has 0 fully saturated rings. The zero-order valence-electron chi connectivity index (χ0n) is 21.8. The second-order valence-corrected chi connectivity index (χ2v) is 10.9. The Labute approximate surface area is 255 Å². The maximum atomic E-state index is 13.1. The summed E-state index contributed by atoms with van der Waals surface area (Å²) in [6.07, 6.45) is 0.214. The quantitative estimate of drug-likeness (QED) is 0.140. The predicted octanol–water partition coefficient (Wildman–Crippen LogP) is 5.51. The third-order valence-electron chi connectivity index (χ3n) is 5.87. The van der Waals surface area contributed by atoms with Gasteiger partial charge in [0, 0.05) is 36.5 Å². The van der Waals surface area contributed by atoms with E-state index in [1.165, 1.54) is 23.2 Å². The van der Waals surface area contributed by atoms with E-state index in [1.807, 2.05) is 0 Å². The van der Waals surface area contributed by atoms with Gasteiger partial charge in [0.05, 0.1) is 22.6 Å². The van der Waals surface area contributed by atoms with Crippen molar-refractivity contribution in [3.8, 4) is 22.7 Å². The highest BCUT2D eigenvalue weighted by molar-refractivity contribution is 6.54. The van der Waals surface area contributed by atoms with Crippen molar-refractivity contribution in [1.82, 2.24) is 20.6 Å². The summed E-state index contributed by atoms with van der Waals surface area (Å²) in [5.74, 6) is -1.18. The Morgan fingerprint density at radius 2 is 1.78 bits per heavy atom. The molecule has 0 radical (unpaired) electrons. The Bertz CT molecular complexity index is 1400. The number of rotatable bonds is 13. The summed E-state index contributed by atoms with van der Waals surface area (Å²) in [4.78, 5) is 52.4. The van der Waals surface area contributed by atoms with E-state index in [-0.39, 0.29) is 24.6 Å². The van der Waals surface area contributed by atoms with Gasteiger partial charge >= 0.3 is 6.09 Å². The Morgan fingerprint density at radius 1 is 1.10 bits per heavy atom. The minimum Gasteiger partial charge on any atom is -0.464 e. The minimum absolute atomic E-state index is 0.139. The average Bonchev–Trinajstić information content (AvgIpc) is 3.40. The van der Waals surface area contributed by atoms with Crippen molar-refractivity contribution < 1.29 is 28.8 Å². The van der Waals surface area contributed by atoms with Crippen LogP contribution in [-0.2, 0) is 14.4 Å². The molecular weight excluding hydrogens is 620 g/mol. The molecule has 11 nitrogen and oxygen atoms in total. The van der Waals surface area contributed by atoms with Crippen LogP contribution in [0.25, 0.3) is 22.7 Å². The average molecular weight is 645 g/mol. The number of nitrogens with one attached hydrogen (secondary N) is 1. The van der Waals surface area contributed by atoms with E-state index >= 15 is 0 Å². The SMILES string of the molecule is CC(C)C(NN(CC=O)C(=O)O)C(=O)CCN(C(=O)C(Cl)Cl)c1ccnc(-c2cc(-c3c(Cl)cccc3Cl)no2)c1. The molecule has 1 unspecified atom stereocenters. The number of ketones is 1. The Balaban J connectivity index is 1.86. The first-order valence-corrected chi connectivity index (χ1v) is 13.8. The number of hydrogen-bond donors (Lipinski definition) is 2. The second kappa shape index (κ2) is 14.6. The second-order valence-electron chi connectivity index (χ2n) is 8.99. The normalized spacial score (nSPS) is 11.9. The van der Waals surface area contributed by atoms with E-state index in [0.29, 0.717) is 44.0 Å². The number of halogens is 4. The maximum absolute atomic E-state index is 13.1. The third-order valence-corrected chi connectivity index (χ3v) is 6.87. The van der Waals surface area contributed by atoms with Crippen molar-refractivity contribution in [3.05, 3.63) is 52.6 Å². The Hall–Kier alpha value is -3.22. The van der Waals surface area contributed by atoms with E-state index in [2.05, 4.69) is 15.6 Å². The van der Waals surface area contributed by atoms with Crippen molar-refractivity contribution in [2.45, 2.75) is 31.1 Å². The lowest BCUT2D eigenvalue weighted by Gasteiger charge is -2.28. The lowest BCUT2D eigenvalue weighted by molar-refractivity contribution is -0.124. The van der Waals surface area contributed by atoms with Gasteiger partial charge in [0.1, 0.15) is 17.7 Å². The first kappa shape index (κ1) is 32.3. The summed E-state index contributed by atoms with van der Waals surface area (Å²) < 4.78 is 5.46. The van der Waals surface area contributed by atoms with Crippen molar-refractivity contribution in [2.24, 2.45) is 5.92 Å². The molecule has 2 aromatic heterocycles. The highest BCUT2D eigenvalue weighted by Crippen LogP contribution is 2.36. The molecule has 15 heteroatoms. The van der Waals surface area contributed by atoms with Crippen molar-refractivity contribution >= 4 is 76.2 Å². The van der Waals surface area contributed by atoms with E-state index in [1.54, 1.807) is 38.1 Å². The summed E-state index contributed by atoms with van der Waals surface area (Å²) in [5.41, 5.74) is 4.05. The molecule has 1 atom stereocenters. The van der Waals surface area contributed by atoms with Gasteiger partial charge in [-0.25, -0.2) is 15.2 Å². The standard InChI is InChI=1S/C26H25Cl4N5O6/c1-14(2)23(32-35(10-11-36)26(39)40)20(37)7-9-34(25(38)24(29)30)15-6-8-31-18(12-15)21-13-19(33-41-21)22-16(27)4-3-5-17(22)28/h3-6,8,11-14,23-24,32H,7,9-10H2,1-2H3,(H,39,40). The smallest absolute Gasteiger partial charge is 0.422 e. The predicted molar refractivity (Wildman–Crippen MR) is 155 cm³/mol. The molecule has 0 saturated carbocycles.